The first kappa shape index (κ1) is 15.7. The fourth-order valence-electron chi connectivity index (χ4n) is 2.05. The maximum atomic E-state index is 3.92. The van der Waals surface area contributed by atoms with Gasteiger partial charge in [-0.1, -0.05) is 19.4 Å². The van der Waals surface area contributed by atoms with Gasteiger partial charge in [-0.2, -0.15) is 0 Å². The van der Waals surface area contributed by atoms with Crippen LogP contribution in [-0.4, -0.2) is 51.1 Å². The molecule has 0 spiro atoms. The maximum absolute atomic E-state index is 3.92. The van der Waals surface area contributed by atoms with Gasteiger partial charge in [-0.3, -0.25) is 0 Å². The number of hydrogen-bond donors (Lipinski definition) is 0. The minimum atomic E-state index is 0.455. The summed E-state index contributed by atoms with van der Waals surface area (Å²) in [6.07, 6.45) is 7.04. The molecule has 0 aromatic rings. The molecule has 0 unspecified atom stereocenters. The molecule has 0 saturated heterocycles. The molecule has 0 amide bonds. The zero-order chi connectivity index (χ0) is 12.6. The summed E-state index contributed by atoms with van der Waals surface area (Å²) < 4.78 is 0. The van der Waals surface area contributed by atoms with Gasteiger partial charge in [0, 0.05) is 0 Å². The number of nitrogens with zero attached hydrogens (tertiary/aromatic N) is 2. The summed E-state index contributed by atoms with van der Waals surface area (Å²) in [6.45, 7) is 8.59. The molecule has 0 heterocycles. The Morgan fingerprint density at radius 1 is 1.00 bits per heavy atom. The molecule has 0 rings (SSSR count). The van der Waals surface area contributed by atoms with Gasteiger partial charge in [-0.25, -0.2) is 0 Å². The summed E-state index contributed by atoms with van der Waals surface area (Å²) in [5, 5.41) is 0. The van der Waals surface area contributed by atoms with Crippen LogP contribution in [0.2, 0.25) is 0 Å². The molecule has 0 radical (unpaired) electrons. The van der Waals surface area contributed by atoms with Gasteiger partial charge >= 0.3 is 0 Å². The third kappa shape index (κ3) is 6.29. The van der Waals surface area contributed by atoms with Crippen molar-refractivity contribution in [3.05, 3.63) is 12.7 Å². The van der Waals surface area contributed by atoms with Crippen LogP contribution in [0.4, 0.5) is 0 Å². The second-order valence-electron chi connectivity index (χ2n) is 5.45. The predicted molar refractivity (Wildman–Crippen MR) is 73.9 cm³/mol. The third-order valence-electron chi connectivity index (χ3n) is 3.51. The Morgan fingerprint density at radius 2 is 1.44 bits per heavy atom. The van der Waals surface area contributed by atoms with Crippen LogP contribution in [0.15, 0.2) is 12.7 Å². The lowest BCUT2D eigenvalue weighted by Gasteiger charge is -2.34. The summed E-state index contributed by atoms with van der Waals surface area (Å²) >= 11 is 0. The lowest BCUT2D eigenvalue weighted by molar-refractivity contribution is 0.181. The minimum absolute atomic E-state index is 0.455. The van der Waals surface area contributed by atoms with E-state index in [9.17, 15) is 0 Å². The monoisotopic (exact) mass is 226 g/mol. The van der Waals surface area contributed by atoms with E-state index < -0.39 is 0 Å². The molecule has 2 heteroatoms. The van der Waals surface area contributed by atoms with Crippen LogP contribution in [0.1, 0.15) is 32.6 Å². The average Bonchev–Trinajstić information content (AvgIpc) is 2.22. The summed E-state index contributed by atoms with van der Waals surface area (Å²) in [5.41, 5.74) is 0.455. The van der Waals surface area contributed by atoms with Gasteiger partial charge in [0.15, 0.2) is 0 Å². The van der Waals surface area contributed by atoms with Crippen LogP contribution >= 0.6 is 0 Å². The van der Waals surface area contributed by atoms with Crippen molar-refractivity contribution >= 4 is 0 Å². The lowest BCUT2D eigenvalue weighted by atomic mass is 9.75. The van der Waals surface area contributed by atoms with E-state index in [0.29, 0.717) is 5.41 Å². The molecule has 0 fully saturated rings. The first-order chi connectivity index (χ1) is 7.45. The molecule has 0 aliphatic rings. The Labute approximate surface area is 102 Å². The lowest BCUT2D eigenvalue weighted by Crippen LogP contribution is -2.29. The second kappa shape index (κ2) is 7.86. The smallest absolute Gasteiger partial charge is 0.00194 e. The summed E-state index contributed by atoms with van der Waals surface area (Å²) in [4.78, 5) is 4.56. The second-order valence-corrected chi connectivity index (χ2v) is 5.45. The van der Waals surface area contributed by atoms with E-state index in [2.05, 4.69) is 57.6 Å². The molecule has 0 atom stereocenters. The van der Waals surface area contributed by atoms with Gasteiger partial charge in [0.25, 0.3) is 0 Å². The van der Waals surface area contributed by atoms with Gasteiger partial charge in [0.1, 0.15) is 0 Å². The standard InChI is InChI=1S/C14H30N2/c1-7-9-14(8-2,10-12-15(3)4)11-13-16(5)6/h7H,1,8-13H2,2-6H3. The SMILES string of the molecule is C=CCC(CC)(CCN(C)C)CCN(C)C. The molecule has 0 aliphatic heterocycles. The van der Waals surface area contributed by atoms with E-state index >= 15 is 0 Å². The quantitative estimate of drug-likeness (QED) is 0.558. The number of allylic oxidation sites excluding steroid dienone is 1. The van der Waals surface area contributed by atoms with E-state index in [4.69, 9.17) is 0 Å². The molecule has 0 aliphatic carbocycles. The van der Waals surface area contributed by atoms with Gasteiger partial charge in [0.2, 0.25) is 0 Å². The normalized spacial score (nSPS) is 12.4. The van der Waals surface area contributed by atoms with Crippen LogP contribution in [0.25, 0.3) is 0 Å². The van der Waals surface area contributed by atoms with Crippen LogP contribution in [0.3, 0.4) is 0 Å². The molecule has 96 valence electrons. The molecular weight excluding hydrogens is 196 g/mol. The van der Waals surface area contributed by atoms with Crippen molar-refractivity contribution in [2.75, 3.05) is 41.3 Å². The van der Waals surface area contributed by atoms with Gasteiger partial charge < -0.3 is 9.80 Å². The summed E-state index contributed by atoms with van der Waals surface area (Å²) in [5.74, 6) is 0. The molecule has 0 aromatic carbocycles. The third-order valence-corrected chi connectivity index (χ3v) is 3.51. The Kier molecular flexibility index (Phi) is 7.69. The molecule has 0 aromatic heterocycles. The van der Waals surface area contributed by atoms with Crippen molar-refractivity contribution in [1.29, 1.82) is 0 Å². The van der Waals surface area contributed by atoms with E-state index in [1.54, 1.807) is 0 Å². The molecule has 0 saturated carbocycles. The van der Waals surface area contributed by atoms with Crippen molar-refractivity contribution in [2.24, 2.45) is 5.41 Å². The molecular formula is C14H30N2. The van der Waals surface area contributed by atoms with Gasteiger partial charge in [-0.05, 0) is 66.0 Å². The van der Waals surface area contributed by atoms with Crippen LogP contribution in [0, 0.1) is 5.41 Å². The number of hydrogen-bond acceptors (Lipinski definition) is 2. The fourth-order valence-corrected chi connectivity index (χ4v) is 2.05. The van der Waals surface area contributed by atoms with Gasteiger partial charge in [0.05, 0.1) is 0 Å². The number of rotatable bonds is 9. The van der Waals surface area contributed by atoms with E-state index in [-0.39, 0.29) is 0 Å². The van der Waals surface area contributed by atoms with Crippen LogP contribution in [0.5, 0.6) is 0 Å². The largest absolute Gasteiger partial charge is 0.309 e. The fraction of sp³-hybridized carbons (Fsp3) is 0.857. The zero-order valence-corrected chi connectivity index (χ0v) is 11.9. The Hall–Kier alpha value is -0.340. The highest BCUT2D eigenvalue weighted by Gasteiger charge is 2.26. The zero-order valence-electron chi connectivity index (χ0n) is 11.9. The van der Waals surface area contributed by atoms with Crippen molar-refractivity contribution in [1.82, 2.24) is 9.80 Å². The maximum Gasteiger partial charge on any atom is -0.00194 e. The molecule has 0 N–H and O–H groups in total. The first-order valence-corrected chi connectivity index (χ1v) is 6.36. The van der Waals surface area contributed by atoms with E-state index in [1.807, 2.05) is 0 Å². The Bertz CT molecular complexity index is 173. The van der Waals surface area contributed by atoms with Crippen LogP contribution < -0.4 is 0 Å². The highest BCUT2D eigenvalue weighted by molar-refractivity contribution is 4.86. The predicted octanol–water partition coefficient (Wildman–Crippen LogP) is 2.86. The first-order valence-electron chi connectivity index (χ1n) is 6.36. The van der Waals surface area contributed by atoms with Crippen molar-refractivity contribution in [2.45, 2.75) is 32.6 Å². The van der Waals surface area contributed by atoms with Crippen molar-refractivity contribution in [3.63, 3.8) is 0 Å². The van der Waals surface area contributed by atoms with Crippen molar-refractivity contribution < 1.29 is 0 Å². The summed E-state index contributed by atoms with van der Waals surface area (Å²) in [6, 6.07) is 0. The summed E-state index contributed by atoms with van der Waals surface area (Å²) in [7, 11) is 8.61. The Morgan fingerprint density at radius 3 is 1.69 bits per heavy atom. The highest BCUT2D eigenvalue weighted by atomic mass is 15.1. The highest BCUT2D eigenvalue weighted by Crippen LogP contribution is 2.35. The molecule has 0 bridgehead atoms. The minimum Gasteiger partial charge on any atom is -0.309 e. The van der Waals surface area contributed by atoms with E-state index in [0.717, 1.165) is 6.42 Å². The Balaban J connectivity index is 4.37. The van der Waals surface area contributed by atoms with Crippen molar-refractivity contribution in [3.8, 4) is 0 Å². The molecule has 16 heavy (non-hydrogen) atoms. The van der Waals surface area contributed by atoms with Crippen LogP contribution in [-0.2, 0) is 0 Å². The topological polar surface area (TPSA) is 6.48 Å². The average molecular weight is 226 g/mol. The van der Waals surface area contributed by atoms with E-state index in [1.165, 1.54) is 32.4 Å². The van der Waals surface area contributed by atoms with Gasteiger partial charge in [-0.15, -0.1) is 6.58 Å². The molecule has 2 nitrogen and oxygen atoms in total.